The van der Waals surface area contributed by atoms with Crippen LogP contribution in [0, 0.1) is 0 Å². The number of rotatable bonds is 7. The lowest BCUT2D eigenvalue weighted by atomic mass is 10.2. The first-order valence-electron chi connectivity index (χ1n) is 9.11. The number of phenolic OH excluding ortho intramolecular Hbond substituents is 1. The topological polar surface area (TPSA) is 60.3 Å². The van der Waals surface area contributed by atoms with E-state index in [4.69, 9.17) is 0 Å². The van der Waals surface area contributed by atoms with Gasteiger partial charge < -0.3 is 25.0 Å². The highest BCUT2D eigenvalue weighted by atomic mass is 127. The van der Waals surface area contributed by atoms with Crippen molar-refractivity contribution in [3.63, 3.8) is 0 Å². The largest absolute Gasteiger partial charge is 0.506 e. The molecule has 0 radical (unpaired) electrons. The summed E-state index contributed by atoms with van der Waals surface area (Å²) in [6.45, 7) is 4.88. The van der Waals surface area contributed by atoms with Gasteiger partial charge in [0.15, 0.2) is 5.96 Å². The zero-order valence-electron chi connectivity index (χ0n) is 15.9. The maximum atomic E-state index is 12.0. The summed E-state index contributed by atoms with van der Waals surface area (Å²) in [5, 5.41) is 13.2. The second-order valence-electron chi connectivity index (χ2n) is 6.22. The fraction of sp³-hybridized carbons (Fsp3) is 0.611. The number of piperazine rings is 1. The van der Waals surface area contributed by atoms with Gasteiger partial charge in [-0.1, -0.05) is 12.1 Å². The van der Waals surface area contributed by atoms with Crippen molar-refractivity contribution in [1.82, 2.24) is 10.2 Å². The van der Waals surface area contributed by atoms with Gasteiger partial charge in [0.1, 0.15) is 12.4 Å². The highest BCUT2D eigenvalue weighted by Gasteiger charge is 2.27. The van der Waals surface area contributed by atoms with Crippen LogP contribution in [0.25, 0.3) is 0 Å². The van der Waals surface area contributed by atoms with E-state index in [2.05, 4.69) is 24.8 Å². The number of guanidine groups is 1. The molecule has 1 aromatic carbocycles. The molecule has 10 heteroatoms. The van der Waals surface area contributed by atoms with Crippen molar-refractivity contribution in [3.05, 3.63) is 24.3 Å². The number of phenols is 1. The van der Waals surface area contributed by atoms with E-state index in [1.165, 1.54) is 0 Å². The molecule has 1 aromatic rings. The molecule has 0 aromatic heterocycles. The Labute approximate surface area is 180 Å². The van der Waals surface area contributed by atoms with Crippen molar-refractivity contribution in [2.45, 2.75) is 19.5 Å². The fourth-order valence-electron chi connectivity index (χ4n) is 2.86. The Morgan fingerprint density at radius 3 is 2.50 bits per heavy atom. The van der Waals surface area contributed by atoms with Gasteiger partial charge in [-0.05, 0) is 25.5 Å². The molecule has 1 aliphatic heterocycles. The predicted octanol–water partition coefficient (Wildman–Crippen LogP) is 3.07. The number of para-hydroxylation sites is 2. The van der Waals surface area contributed by atoms with Gasteiger partial charge in [0.2, 0.25) is 0 Å². The van der Waals surface area contributed by atoms with Crippen LogP contribution in [0.5, 0.6) is 5.75 Å². The highest BCUT2D eigenvalue weighted by molar-refractivity contribution is 14.0. The molecule has 0 bridgehead atoms. The molecule has 0 amide bonds. The summed E-state index contributed by atoms with van der Waals surface area (Å²) in [6, 6.07) is 7.26. The quantitative estimate of drug-likeness (QED) is 0.253. The number of ether oxygens (including phenoxy) is 1. The molecular formula is C18H28F3IN4O2. The summed E-state index contributed by atoms with van der Waals surface area (Å²) in [4.78, 5) is 8.74. The minimum Gasteiger partial charge on any atom is -0.506 e. The number of nitrogens with one attached hydrogen (secondary N) is 1. The SMILES string of the molecule is CCNC(=NCCCOCC(F)(F)F)N1CCN(c2ccccc2O)CC1.I. The minimum absolute atomic E-state index is 0. The summed E-state index contributed by atoms with van der Waals surface area (Å²) < 4.78 is 40.7. The molecule has 0 unspecified atom stereocenters. The number of aliphatic imine (C=N–C) groups is 1. The molecule has 0 saturated carbocycles. The molecule has 0 aliphatic carbocycles. The first kappa shape index (κ1) is 24.6. The summed E-state index contributed by atoms with van der Waals surface area (Å²) in [5.74, 6) is 1.02. The van der Waals surface area contributed by atoms with E-state index >= 15 is 0 Å². The first-order valence-corrected chi connectivity index (χ1v) is 9.11. The molecule has 0 atom stereocenters. The summed E-state index contributed by atoms with van der Waals surface area (Å²) in [5.41, 5.74) is 0.820. The smallest absolute Gasteiger partial charge is 0.411 e. The summed E-state index contributed by atoms with van der Waals surface area (Å²) >= 11 is 0. The molecular weight excluding hydrogens is 488 g/mol. The number of benzene rings is 1. The minimum atomic E-state index is -4.29. The van der Waals surface area contributed by atoms with Crippen LogP contribution in [0.3, 0.4) is 0 Å². The molecule has 28 heavy (non-hydrogen) atoms. The van der Waals surface area contributed by atoms with E-state index in [1.807, 2.05) is 19.1 Å². The highest BCUT2D eigenvalue weighted by Crippen LogP contribution is 2.27. The third-order valence-electron chi connectivity index (χ3n) is 4.11. The lowest BCUT2D eigenvalue weighted by Crippen LogP contribution is -2.52. The Morgan fingerprint density at radius 1 is 1.21 bits per heavy atom. The average molecular weight is 516 g/mol. The first-order chi connectivity index (χ1) is 12.9. The average Bonchev–Trinajstić information content (AvgIpc) is 2.63. The molecule has 1 saturated heterocycles. The molecule has 2 N–H and O–H groups in total. The number of hydrogen-bond acceptors (Lipinski definition) is 4. The zero-order valence-corrected chi connectivity index (χ0v) is 18.2. The Morgan fingerprint density at radius 2 is 1.89 bits per heavy atom. The number of hydrogen-bond donors (Lipinski definition) is 2. The van der Waals surface area contributed by atoms with Gasteiger partial charge in [0.25, 0.3) is 0 Å². The van der Waals surface area contributed by atoms with E-state index in [0.717, 1.165) is 37.8 Å². The number of halogens is 4. The lowest BCUT2D eigenvalue weighted by Gasteiger charge is -2.37. The molecule has 1 fully saturated rings. The van der Waals surface area contributed by atoms with Crippen LogP contribution >= 0.6 is 24.0 Å². The Hall–Kier alpha value is -1.43. The summed E-state index contributed by atoms with van der Waals surface area (Å²) in [6.07, 6.45) is -3.85. The Kier molecular flexibility index (Phi) is 10.7. The van der Waals surface area contributed by atoms with Crippen LogP contribution in [0.15, 0.2) is 29.3 Å². The lowest BCUT2D eigenvalue weighted by molar-refractivity contribution is -0.173. The van der Waals surface area contributed by atoms with Gasteiger partial charge in [-0.3, -0.25) is 4.99 Å². The molecule has 0 spiro atoms. The van der Waals surface area contributed by atoms with Crippen LogP contribution in [0.2, 0.25) is 0 Å². The van der Waals surface area contributed by atoms with E-state index in [-0.39, 0.29) is 36.3 Å². The molecule has 2 rings (SSSR count). The van der Waals surface area contributed by atoms with E-state index in [0.29, 0.717) is 19.5 Å². The molecule has 1 aliphatic rings. The van der Waals surface area contributed by atoms with Crippen molar-refractivity contribution in [2.75, 3.05) is 57.4 Å². The van der Waals surface area contributed by atoms with Crippen molar-refractivity contribution in [1.29, 1.82) is 0 Å². The second kappa shape index (κ2) is 12.2. The number of alkyl halides is 3. The third kappa shape index (κ3) is 8.29. The van der Waals surface area contributed by atoms with Crippen LogP contribution < -0.4 is 10.2 Å². The zero-order chi connectivity index (χ0) is 19.7. The van der Waals surface area contributed by atoms with Gasteiger partial charge in [0.05, 0.1) is 5.69 Å². The van der Waals surface area contributed by atoms with Crippen molar-refractivity contribution in [2.24, 2.45) is 4.99 Å². The van der Waals surface area contributed by atoms with E-state index < -0.39 is 12.8 Å². The van der Waals surface area contributed by atoms with Crippen molar-refractivity contribution >= 4 is 35.6 Å². The maximum Gasteiger partial charge on any atom is 0.411 e. The predicted molar refractivity (Wildman–Crippen MR) is 115 cm³/mol. The van der Waals surface area contributed by atoms with Gasteiger partial charge in [-0.2, -0.15) is 13.2 Å². The number of anilines is 1. The molecule has 6 nitrogen and oxygen atoms in total. The molecule has 160 valence electrons. The van der Waals surface area contributed by atoms with E-state index in [1.54, 1.807) is 12.1 Å². The Bertz CT molecular complexity index is 609. The third-order valence-corrected chi connectivity index (χ3v) is 4.11. The monoisotopic (exact) mass is 516 g/mol. The van der Waals surface area contributed by atoms with Crippen LogP contribution in [-0.2, 0) is 4.74 Å². The van der Waals surface area contributed by atoms with Gasteiger partial charge in [-0.25, -0.2) is 0 Å². The van der Waals surface area contributed by atoms with Crippen LogP contribution in [-0.4, -0.2) is 74.6 Å². The summed E-state index contributed by atoms with van der Waals surface area (Å²) in [7, 11) is 0. The van der Waals surface area contributed by atoms with E-state index in [9.17, 15) is 18.3 Å². The maximum absolute atomic E-state index is 12.0. The van der Waals surface area contributed by atoms with Gasteiger partial charge in [-0.15, -0.1) is 24.0 Å². The van der Waals surface area contributed by atoms with Gasteiger partial charge in [0, 0.05) is 45.9 Å². The standard InChI is InChI=1S/C18H27F3N4O2.HI/c1-2-22-17(23-8-5-13-27-14-18(19,20)21)25-11-9-24(10-12-25)15-6-3-4-7-16(15)26;/h3-4,6-7,26H,2,5,8-14H2,1H3,(H,22,23);1H. The molecule has 1 heterocycles. The number of aromatic hydroxyl groups is 1. The van der Waals surface area contributed by atoms with Crippen LogP contribution in [0.4, 0.5) is 18.9 Å². The fourth-order valence-corrected chi connectivity index (χ4v) is 2.86. The number of nitrogens with zero attached hydrogens (tertiary/aromatic N) is 3. The van der Waals surface area contributed by atoms with Crippen molar-refractivity contribution < 1.29 is 23.0 Å². The van der Waals surface area contributed by atoms with Crippen molar-refractivity contribution in [3.8, 4) is 5.75 Å². The normalized spacial score (nSPS) is 15.4. The van der Waals surface area contributed by atoms with Crippen LogP contribution in [0.1, 0.15) is 13.3 Å². The van der Waals surface area contributed by atoms with Gasteiger partial charge >= 0.3 is 6.18 Å². The Balaban J connectivity index is 0.00000392. The second-order valence-corrected chi connectivity index (χ2v) is 6.22.